The lowest BCUT2D eigenvalue weighted by atomic mass is 10.1. The Balaban J connectivity index is 1.94. The normalized spacial score (nSPS) is 13.9. The number of aromatic nitrogens is 2. The van der Waals surface area contributed by atoms with Gasteiger partial charge in [-0.2, -0.15) is 0 Å². The predicted octanol–water partition coefficient (Wildman–Crippen LogP) is 2.40. The summed E-state index contributed by atoms with van der Waals surface area (Å²) in [6.45, 7) is 4.71. The Morgan fingerprint density at radius 1 is 1.35 bits per heavy atom. The number of nitrogens with one attached hydrogen (secondary N) is 3. The van der Waals surface area contributed by atoms with Crippen molar-refractivity contribution in [1.29, 1.82) is 0 Å². The molecule has 0 amide bonds. The molecule has 3 rings (SSSR count). The molecule has 6 heteroatoms. The van der Waals surface area contributed by atoms with Crippen LogP contribution in [0, 0.1) is 6.92 Å². The SMILES string of the molecule is Cc1ccnc(Nc2cc3c(c(N[C@H](C)CO)n2)CNC=C3)c1. The molecule has 2 aromatic rings. The van der Waals surface area contributed by atoms with E-state index in [1.807, 2.05) is 44.3 Å². The quantitative estimate of drug-likeness (QED) is 0.679. The zero-order chi connectivity index (χ0) is 16.2. The number of hydrogen-bond acceptors (Lipinski definition) is 6. The number of hydrogen-bond donors (Lipinski definition) is 4. The first kappa shape index (κ1) is 15.3. The molecule has 1 aliphatic rings. The molecule has 0 saturated heterocycles. The Hall–Kier alpha value is -2.60. The van der Waals surface area contributed by atoms with Crippen molar-refractivity contribution in [3.63, 3.8) is 0 Å². The van der Waals surface area contributed by atoms with Crippen molar-refractivity contribution in [3.8, 4) is 0 Å². The minimum Gasteiger partial charge on any atom is -0.394 e. The van der Waals surface area contributed by atoms with Crippen molar-refractivity contribution in [2.75, 3.05) is 17.2 Å². The average Bonchev–Trinajstić information content (AvgIpc) is 2.55. The van der Waals surface area contributed by atoms with Crippen molar-refractivity contribution < 1.29 is 5.11 Å². The van der Waals surface area contributed by atoms with Gasteiger partial charge in [0.2, 0.25) is 0 Å². The molecule has 0 unspecified atom stereocenters. The number of rotatable bonds is 5. The number of aliphatic hydroxyl groups excluding tert-OH is 1. The van der Waals surface area contributed by atoms with Crippen LogP contribution in [0.2, 0.25) is 0 Å². The summed E-state index contributed by atoms with van der Waals surface area (Å²) in [7, 11) is 0. The van der Waals surface area contributed by atoms with Crippen molar-refractivity contribution in [2.24, 2.45) is 0 Å². The molecule has 1 atom stereocenters. The van der Waals surface area contributed by atoms with Crippen molar-refractivity contribution in [2.45, 2.75) is 26.4 Å². The van der Waals surface area contributed by atoms with Gasteiger partial charge in [0.25, 0.3) is 0 Å². The highest BCUT2D eigenvalue weighted by Gasteiger charge is 2.15. The summed E-state index contributed by atoms with van der Waals surface area (Å²) < 4.78 is 0. The van der Waals surface area contributed by atoms with Gasteiger partial charge in [0.05, 0.1) is 6.61 Å². The Morgan fingerprint density at radius 2 is 2.22 bits per heavy atom. The maximum absolute atomic E-state index is 9.29. The van der Waals surface area contributed by atoms with Crippen molar-refractivity contribution in [1.82, 2.24) is 15.3 Å². The molecule has 0 fully saturated rings. The average molecular weight is 311 g/mol. The fourth-order valence-corrected chi connectivity index (χ4v) is 2.43. The second kappa shape index (κ2) is 6.66. The van der Waals surface area contributed by atoms with Crippen LogP contribution in [-0.2, 0) is 6.54 Å². The first-order valence-electron chi connectivity index (χ1n) is 7.66. The van der Waals surface area contributed by atoms with Crippen LogP contribution in [-0.4, -0.2) is 27.7 Å². The predicted molar refractivity (Wildman–Crippen MR) is 92.5 cm³/mol. The van der Waals surface area contributed by atoms with E-state index in [1.165, 1.54) is 0 Å². The Morgan fingerprint density at radius 3 is 3.00 bits per heavy atom. The van der Waals surface area contributed by atoms with Crippen molar-refractivity contribution >= 4 is 23.5 Å². The standard InChI is InChI=1S/C17H21N5O/c1-11-3-6-19-15(7-11)21-16-8-13-4-5-18-9-14(13)17(22-16)20-12(2)10-23/h3-8,12,18,23H,9-10H2,1-2H3,(H2,19,20,21,22)/t12-/m1/s1. The smallest absolute Gasteiger partial charge is 0.134 e. The van der Waals surface area contributed by atoms with Crippen LogP contribution in [0.25, 0.3) is 6.08 Å². The van der Waals surface area contributed by atoms with Gasteiger partial charge >= 0.3 is 0 Å². The van der Waals surface area contributed by atoms with E-state index >= 15 is 0 Å². The zero-order valence-corrected chi connectivity index (χ0v) is 13.3. The molecule has 0 aliphatic carbocycles. The third-order valence-corrected chi connectivity index (χ3v) is 3.65. The van der Waals surface area contributed by atoms with Crippen molar-refractivity contribution in [3.05, 3.63) is 47.3 Å². The highest BCUT2D eigenvalue weighted by atomic mass is 16.3. The van der Waals surface area contributed by atoms with Crippen LogP contribution in [0.5, 0.6) is 0 Å². The van der Waals surface area contributed by atoms with Gasteiger partial charge in [-0.05, 0) is 55.4 Å². The summed E-state index contributed by atoms with van der Waals surface area (Å²) in [5.41, 5.74) is 3.33. The molecule has 0 radical (unpaired) electrons. The molecular formula is C17H21N5O. The lowest BCUT2D eigenvalue weighted by Crippen LogP contribution is -2.23. The molecule has 4 N–H and O–H groups in total. The van der Waals surface area contributed by atoms with Crippen LogP contribution in [0.1, 0.15) is 23.6 Å². The molecule has 2 aromatic heterocycles. The number of pyridine rings is 2. The second-order valence-electron chi connectivity index (χ2n) is 5.71. The first-order chi connectivity index (χ1) is 11.2. The number of fused-ring (bicyclic) bond motifs is 1. The molecule has 23 heavy (non-hydrogen) atoms. The molecule has 1 aliphatic heterocycles. The van der Waals surface area contributed by atoms with Gasteiger partial charge in [-0.3, -0.25) is 0 Å². The third-order valence-electron chi connectivity index (χ3n) is 3.65. The molecule has 3 heterocycles. The van der Waals surface area contributed by atoms with Crippen LogP contribution in [0.4, 0.5) is 17.5 Å². The van der Waals surface area contributed by atoms with Gasteiger partial charge in [0.15, 0.2) is 0 Å². The summed E-state index contributed by atoms with van der Waals surface area (Å²) >= 11 is 0. The number of aliphatic hydroxyl groups is 1. The van der Waals surface area contributed by atoms with E-state index in [1.54, 1.807) is 6.20 Å². The van der Waals surface area contributed by atoms with Crippen LogP contribution >= 0.6 is 0 Å². The lowest BCUT2D eigenvalue weighted by Gasteiger charge is -2.21. The molecule has 0 spiro atoms. The maximum atomic E-state index is 9.29. The monoisotopic (exact) mass is 311 g/mol. The number of anilines is 3. The first-order valence-corrected chi connectivity index (χ1v) is 7.66. The van der Waals surface area contributed by atoms with E-state index in [4.69, 9.17) is 0 Å². The molecule has 120 valence electrons. The Bertz CT molecular complexity index is 729. The number of aryl methyl sites for hydroxylation is 1. The number of nitrogens with zero attached hydrogens (tertiary/aromatic N) is 2. The van der Waals surface area contributed by atoms with Gasteiger partial charge in [-0.1, -0.05) is 0 Å². The van der Waals surface area contributed by atoms with E-state index in [0.29, 0.717) is 6.54 Å². The van der Waals surface area contributed by atoms with Gasteiger partial charge in [-0.25, -0.2) is 9.97 Å². The fraction of sp³-hybridized carbons (Fsp3) is 0.294. The lowest BCUT2D eigenvalue weighted by molar-refractivity contribution is 0.281. The Kier molecular flexibility index (Phi) is 4.43. The maximum Gasteiger partial charge on any atom is 0.134 e. The van der Waals surface area contributed by atoms with Gasteiger partial charge in [0, 0.05) is 24.3 Å². The highest BCUT2D eigenvalue weighted by molar-refractivity contribution is 5.69. The zero-order valence-electron chi connectivity index (χ0n) is 13.3. The van der Waals surface area contributed by atoms with E-state index < -0.39 is 0 Å². The molecule has 6 nitrogen and oxygen atoms in total. The molecule has 0 aromatic carbocycles. The minimum atomic E-state index is -0.0650. The van der Waals surface area contributed by atoms with Crippen LogP contribution in [0.15, 0.2) is 30.6 Å². The third kappa shape index (κ3) is 3.60. The summed E-state index contributed by atoms with van der Waals surface area (Å²) in [6, 6.07) is 5.87. The van der Waals surface area contributed by atoms with E-state index in [2.05, 4.69) is 25.9 Å². The van der Waals surface area contributed by atoms with Gasteiger partial charge < -0.3 is 21.1 Å². The molecular weight excluding hydrogens is 290 g/mol. The Labute approximate surface area is 135 Å². The second-order valence-corrected chi connectivity index (χ2v) is 5.71. The minimum absolute atomic E-state index is 0.0524. The summed E-state index contributed by atoms with van der Waals surface area (Å²) in [5, 5.41) is 19.0. The molecule has 0 bridgehead atoms. The summed E-state index contributed by atoms with van der Waals surface area (Å²) in [5.74, 6) is 2.26. The van der Waals surface area contributed by atoms with E-state index in [0.717, 1.165) is 34.1 Å². The van der Waals surface area contributed by atoms with Crippen LogP contribution < -0.4 is 16.0 Å². The molecule has 0 saturated carbocycles. The summed E-state index contributed by atoms with van der Waals surface area (Å²) in [6.07, 6.45) is 5.72. The highest BCUT2D eigenvalue weighted by Crippen LogP contribution is 2.27. The van der Waals surface area contributed by atoms with Gasteiger partial charge in [-0.15, -0.1) is 0 Å². The fourth-order valence-electron chi connectivity index (χ4n) is 2.43. The topological polar surface area (TPSA) is 82.1 Å². The largest absolute Gasteiger partial charge is 0.394 e. The van der Waals surface area contributed by atoms with E-state index in [9.17, 15) is 5.11 Å². The van der Waals surface area contributed by atoms with E-state index in [-0.39, 0.29) is 12.6 Å². The van der Waals surface area contributed by atoms with Gasteiger partial charge in [0.1, 0.15) is 17.5 Å². The van der Waals surface area contributed by atoms with Crippen LogP contribution in [0.3, 0.4) is 0 Å². The summed E-state index contributed by atoms with van der Waals surface area (Å²) in [4.78, 5) is 8.96.